The third kappa shape index (κ3) is 6.18. The molecule has 1 N–H and O–H groups in total. The second kappa shape index (κ2) is 10.8. The van der Waals surface area contributed by atoms with Gasteiger partial charge in [0.2, 0.25) is 0 Å². The second-order valence-electron chi connectivity index (χ2n) is 7.09. The van der Waals surface area contributed by atoms with Crippen LogP contribution in [0, 0.1) is 5.92 Å². The maximum absolute atomic E-state index is 5.50. The number of ether oxygens (including phenoxy) is 1. The Balaban J connectivity index is 1.91. The summed E-state index contributed by atoms with van der Waals surface area (Å²) >= 11 is 1.77. The summed E-state index contributed by atoms with van der Waals surface area (Å²) in [7, 11) is 3.95. The normalized spacial score (nSPS) is 17.4. The summed E-state index contributed by atoms with van der Waals surface area (Å²) in [5.41, 5.74) is 1.29. The molecule has 1 atom stereocenters. The van der Waals surface area contributed by atoms with Crippen LogP contribution in [-0.4, -0.2) is 75.0 Å². The molecule has 1 aliphatic rings. The van der Waals surface area contributed by atoms with Gasteiger partial charge in [0.15, 0.2) is 5.96 Å². The molecule has 26 heavy (non-hydrogen) atoms. The number of benzene rings is 1. The highest BCUT2D eigenvalue weighted by Crippen LogP contribution is 2.16. The number of thioether (sulfide) groups is 1. The minimum Gasteiger partial charge on any atom is -0.379 e. The van der Waals surface area contributed by atoms with Gasteiger partial charge in [-0.05, 0) is 29.9 Å². The van der Waals surface area contributed by atoms with Crippen LogP contribution in [0.2, 0.25) is 0 Å². The highest BCUT2D eigenvalue weighted by atomic mass is 32.2. The van der Waals surface area contributed by atoms with Crippen LogP contribution in [-0.2, 0) is 11.3 Å². The van der Waals surface area contributed by atoms with Gasteiger partial charge >= 0.3 is 0 Å². The highest BCUT2D eigenvalue weighted by Gasteiger charge is 2.24. The Morgan fingerprint density at radius 2 is 1.92 bits per heavy atom. The number of nitrogens with zero attached hydrogens (tertiary/aromatic N) is 3. The average Bonchev–Trinajstić information content (AvgIpc) is 2.66. The van der Waals surface area contributed by atoms with Crippen molar-refractivity contribution in [3.8, 4) is 0 Å². The lowest BCUT2D eigenvalue weighted by molar-refractivity contribution is 0.00741. The van der Waals surface area contributed by atoms with Gasteiger partial charge in [0, 0.05) is 51.2 Å². The van der Waals surface area contributed by atoms with Crippen molar-refractivity contribution in [3.63, 3.8) is 0 Å². The van der Waals surface area contributed by atoms with Crippen LogP contribution in [0.5, 0.6) is 0 Å². The second-order valence-corrected chi connectivity index (χ2v) is 7.97. The van der Waals surface area contributed by atoms with E-state index in [1.54, 1.807) is 11.8 Å². The molecule has 0 radical (unpaired) electrons. The van der Waals surface area contributed by atoms with E-state index in [1.165, 1.54) is 10.5 Å². The van der Waals surface area contributed by atoms with Gasteiger partial charge in [-0.25, -0.2) is 0 Å². The van der Waals surface area contributed by atoms with Crippen molar-refractivity contribution in [1.82, 2.24) is 15.1 Å². The van der Waals surface area contributed by atoms with Crippen LogP contribution in [0.15, 0.2) is 34.2 Å². The Morgan fingerprint density at radius 3 is 2.46 bits per heavy atom. The Hall–Kier alpha value is -1.24. The number of guanidine groups is 1. The van der Waals surface area contributed by atoms with Gasteiger partial charge in [0.25, 0.3) is 0 Å². The number of nitrogens with one attached hydrogen (secondary N) is 1. The lowest BCUT2D eigenvalue weighted by atomic mass is 10.0. The first-order valence-electron chi connectivity index (χ1n) is 9.41. The highest BCUT2D eigenvalue weighted by molar-refractivity contribution is 7.98. The predicted molar refractivity (Wildman–Crippen MR) is 112 cm³/mol. The molecule has 0 aliphatic carbocycles. The van der Waals surface area contributed by atoms with Crippen LogP contribution in [0.4, 0.5) is 0 Å². The smallest absolute Gasteiger partial charge is 0.193 e. The largest absolute Gasteiger partial charge is 0.379 e. The van der Waals surface area contributed by atoms with Crippen LogP contribution >= 0.6 is 11.8 Å². The van der Waals surface area contributed by atoms with E-state index in [1.807, 2.05) is 7.05 Å². The molecule has 0 bridgehead atoms. The fraction of sp³-hybridized carbons (Fsp3) is 0.650. The minimum absolute atomic E-state index is 0.491. The van der Waals surface area contributed by atoms with Crippen molar-refractivity contribution in [1.29, 1.82) is 0 Å². The molecule has 146 valence electrons. The Kier molecular flexibility index (Phi) is 8.75. The van der Waals surface area contributed by atoms with E-state index in [4.69, 9.17) is 4.74 Å². The summed E-state index contributed by atoms with van der Waals surface area (Å²) in [5, 5.41) is 3.58. The molecule has 1 heterocycles. The number of rotatable bonds is 7. The molecule has 1 unspecified atom stereocenters. The fourth-order valence-corrected chi connectivity index (χ4v) is 3.76. The molecule has 6 heteroatoms. The average molecular weight is 379 g/mol. The Labute approximate surface area is 163 Å². The number of hydrogen-bond donors (Lipinski definition) is 1. The number of aliphatic imine (C=N–C) groups is 1. The van der Waals surface area contributed by atoms with Crippen molar-refractivity contribution in [2.45, 2.75) is 31.3 Å². The minimum atomic E-state index is 0.491. The zero-order chi connectivity index (χ0) is 18.9. The number of morpholine rings is 1. The summed E-state index contributed by atoms with van der Waals surface area (Å²) < 4.78 is 5.50. The van der Waals surface area contributed by atoms with E-state index < -0.39 is 0 Å². The molecular formula is C20H34N4OS. The molecule has 1 aromatic rings. The first-order valence-corrected chi connectivity index (χ1v) is 10.6. The van der Waals surface area contributed by atoms with E-state index in [2.05, 4.69) is 71.5 Å². The summed E-state index contributed by atoms with van der Waals surface area (Å²) in [5.74, 6) is 1.53. The monoisotopic (exact) mass is 378 g/mol. The zero-order valence-corrected chi connectivity index (χ0v) is 17.7. The van der Waals surface area contributed by atoms with Crippen LogP contribution in [0.3, 0.4) is 0 Å². The molecule has 1 saturated heterocycles. The Bertz CT molecular complexity index is 555. The van der Waals surface area contributed by atoms with Gasteiger partial charge in [0.1, 0.15) is 0 Å². The van der Waals surface area contributed by atoms with Crippen LogP contribution in [0.1, 0.15) is 19.4 Å². The van der Waals surface area contributed by atoms with Crippen LogP contribution in [0.25, 0.3) is 0 Å². The number of hydrogen-bond acceptors (Lipinski definition) is 4. The summed E-state index contributed by atoms with van der Waals surface area (Å²) in [6, 6.07) is 9.24. The summed E-state index contributed by atoms with van der Waals surface area (Å²) in [6.07, 6.45) is 2.10. The zero-order valence-electron chi connectivity index (χ0n) is 16.9. The SMILES string of the molecule is CN=C(NCC(C(C)C)N1CCOCC1)N(C)Cc1ccc(SC)cc1. The molecule has 1 aliphatic heterocycles. The molecule has 0 saturated carbocycles. The van der Waals surface area contributed by atoms with Gasteiger partial charge in [-0.15, -0.1) is 11.8 Å². The van der Waals surface area contributed by atoms with Crippen molar-refractivity contribution in [2.24, 2.45) is 10.9 Å². The first-order chi connectivity index (χ1) is 12.5. The van der Waals surface area contributed by atoms with Crippen molar-refractivity contribution in [2.75, 3.05) is 53.2 Å². The van der Waals surface area contributed by atoms with Crippen molar-refractivity contribution < 1.29 is 4.74 Å². The van der Waals surface area contributed by atoms with E-state index in [0.717, 1.165) is 45.4 Å². The van der Waals surface area contributed by atoms with Crippen LogP contribution < -0.4 is 5.32 Å². The quantitative estimate of drug-likeness (QED) is 0.449. The standard InChI is InChI=1S/C20H34N4OS/c1-16(2)19(24-10-12-25-13-11-24)14-22-20(21-3)23(4)15-17-6-8-18(26-5)9-7-17/h6-9,16,19H,10-15H2,1-5H3,(H,21,22). The molecule has 0 spiro atoms. The molecule has 5 nitrogen and oxygen atoms in total. The van der Waals surface area contributed by atoms with Gasteiger partial charge in [-0.3, -0.25) is 9.89 Å². The third-order valence-electron chi connectivity index (χ3n) is 4.91. The lowest BCUT2D eigenvalue weighted by Crippen LogP contribution is -2.52. The first kappa shape index (κ1) is 21.1. The van der Waals surface area contributed by atoms with E-state index in [0.29, 0.717) is 12.0 Å². The fourth-order valence-electron chi connectivity index (χ4n) is 3.36. The van der Waals surface area contributed by atoms with Crippen molar-refractivity contribution >= 4 is 17.7 Å². The van der Waals surface area contributed by atoms with Gasteiger partial charge < -0.3 is 15.0 Å². The summed E-state index contributed by atoms with van der Waals surface area (Å²) in [6.45, 7) is 10.0. The van der Waals surface area contributed by atoms with Gasteiger partial charge in [-0.2, -0.15) is 0 Å². The maximum Gasteiger partial charge on any atom is 0.193 e. The molecule has 0 aromatic heterocycles. The maximum atomic E-state index is 5.50. The third-order valence-corrected chi connectivity index (χ3v) is 5.65. The molecule has 1 fully saturated rings. The Morgan fingerprint density at radius 1 is 1.27 bits per heavy atom. The topological polar surface area (TPSA) is 40.1 Å². The van der Waals surface area contributed by atoms with E-state index in [-0.39, 0.29) is 0 Å². The van der Waals surface area contributed by atoms with E-state index in [9.17, 15) is 0 Å². The molecule has 1 aromatic carbocycles. The summed E-state index contributed by atoms with van der Waals surface area (Å²) in [4.78, 5) is 10.5. The molecular weight excluding hydrogens is 344 g/mol. The van der Waals surface area contributed by atoms with Gasteiger partial charge in [-0.1, -0.05) is 26.0 Å². The van der Waals surface area contributed by atoms with Gasteiger partial charge in [0.05, 0.1) is 13.2 Å². The predicted octanol–water partition coefficient (Wildman–Crippen LogP) is 2.77. The van der Waals surface area contributed by atoms with E-state index >= 15 is 0 Å². The lowest BCUT2D eigenvalue weighted by Gasteiger charge is -2.37. The molecule has 2 rings (SSSR count). The van der Waals surface area contributed by atoms with Crippen molar-refractivity contribution in [3.05, 3.63) is 29.8 Å². The molecule has 0 amide bonds.